The second-order valence-corrected chi connectivity index (χ2v) is 12.9. The average molecular weight is 657 g/mol. The number of benzene rings is 3. The zero-order valence-corrected chi connectivity index (χ0v) is 27.2. The third-order valence-electron chi connectivity index (χ3n) is 9.52. The summed E-state index contributed by atoms with van der Waals surface area (Å²) in [5.74, 6) is -0.376. The van der Waals surface area contributed by atoms with Crippen molar-refractivity contribution in [2.24, 2.45) is 0 Å². The Kier molecular flexibility index (Phi) is 9.49. The molecule has 0 spiro atoms. The number of pyridine rings is 1. The number of aliphatic hydroxyl groups is 1. The Bertz CT molecular complexity index is 1930. The molecule has 0 saturated carbocycles. The molecule has 3 amide bonds. The maximum absolute atomic E-state index is 13.3. The number of anilines is 2. The first-order valence-corrected chi connectivity index (χ1v) is 16.9. The minimum atomic E-state index is -0.723. The monoisotopic (exact) mass is 656 g/mol. The third-order valence-corrected chi connectivity index (χ3v) is 9.52. The highest BCUT2D eigenvalue weighted by Crippen LogP contribution is 2.28. The molecule has 2 aliphatic heterocycles. The zero-order chi connectivity index (χ0) is 33.7. The van der Waals surface area contributed by atoms with Crippen LogP contribution in [0, 0.1) is 0 Å². The molecule has 1 unspecified atom stereocenters. The number of amides is 3. The van der Waals surface area contributed by atoms with E-state index in [0.717, 1.165) is 40.6 Å². The predicted octanol–water partition coefficient (Wildman–Crippen LogP) is 5.37. The molecule has 3 atom stereocenters. The molecule has 2 aromatic heterocycles. The molecule has 4 heterocycles. The molecule has 0 radical (unpaired) electrons. The Labute approximate surface area is 285 Å². The summed E-state index contributed by atoms with van der Waals surface area (Å²) in [6.07, 6.45) is 4.62. The first-order valence-electron chi connectivity index (χ1n) is 16.9. The van der Waals surface area contributed by atoms with Crippen LogP contribution in [0.4, 0.5) is 11.4 Å². The van der Waals surface area contributed by atoms with Gasteiger partial charge in [0.2, 0.25) is 17.7 Å². The predicted molar refractivity (Wildman–Crippen MR) is 190 cm³/mol. The summed E-state index contributed by atoms with van der Waals surface area (Å²) in [5, 5.41) is 17.7. The number of aromatic amines is 1. The summed E-state index contributed by atoms with van der Waals surface area (Å²) in [7, 11) is 0. The molecule has 10 heteroatoms. The van der Waals surface area contributed by atoms with Crippen LogP contribution >= 0.6 is 0 Å². The minimum Gasteiger partial charge on any atom is -0.378 e. The zero-order valence-electron chi connectivity index (χ0n) is 27.2. The van der Waals surface area contributed by atoms with Gasteiger partial charge in [-0.1, -0.05) is 72.8 Å². The molecule has 10 nitrogen and oxygen atoms in total. The number of fused-ring (bicyclic) bond motifs is 1. The van der Waals surface area contributed by atoms with Crippen molar-refractivity contribution in [1.29, 1.82) is 0 Å². The molecule has 4 N–H and O–H groups in total. The van der Waals surface area contributed by atoms with Gasteiger partial charge < -0.3 is 25.6 Å². The van der Waals surface area contributed by atoms with Gasteiger partial charge in [-0.15, -0.1) is 0 Å². The summed E-state index contributed by atoms with van der Waals surface area (Å²) in [6, 6.07) is 29.9. The quantitative estimate of drug-likeness (QED) is 0.160. The smallest absolute Gasteiger partial charge is 0.247 e. The molecule has 250 valence electrons. The van der Waals surface area contributed by atoms with Crippen molar-refractivity contribution in [3.63, 3.8) is 0 Å². The van der Waals surface area contributed by atoms with E-state index >= 15 is 0 Å². The first kappa shape index (κ1) is 32.2. The summed E-state index contributed by atoms with van der Waals surface area (Å²) >= 11 is 0. The molecule has 2 saturated heterocycles. The number of H-pyrrole nitrogens is 1. The van der Waals surface area contributed by atoms with Crippen LogP contribution in [0.25, 0.3) is 22.3 Å². The summed E-state index contributed by atoms with van der Waals surface area (Å²) in [6.45, 7) is 1.25. The SMILES string of the molecule is O=C(Nc1cnc2[nH]c(-c3ccc(NC(=O)[C@@H]4CCCN4C(O)Cc4ccccc4)cc3)cc2c1)[C@@H]1CCCN1C(=O)Cc1ccccc1. The molecule has 0 bridgehead atoms. The second-order valence-electron chi connectivity index (χ2n) is 12.9. The van der Waals surface area contributed by atoms with Crippen LogP contribution in [0.3, 0.4) is 0 Å². The second kappa shape index (κ2) is 14.4. The van der Waals surface area contributed by atoms with Crippen LogP contribution in [0.15, 0.2) is 103 Å². The number of likely N-dealkylation sites (tertiary alicyclic amines) is 2. The van der Waals surface area contributed by atoms with Crippen molar-refractivity contribution < 1.29 is 19.5 Å². The molecular formula is C39H40N6O4. The van der Waals surface area contributed by atoms with Gasteiger partial charge in [0.05, 0.1) is 24.3 Å². The lowest BCUT2D eigenvalue weighted by Crippen LogP contribution is -2.46. The molecule has 2 fully saturated rings. The normalized spacial score (nSPS) is 18.4. The maximum atomic E-state index is 13.3. The van der Waals surface area contributed by atoms with Crippen LogP contribution in [0.2, 0.25) is 0 Å². The summed E-state index contributed by atoms with van der Waals surface area (Å²) < 4.78 is 0. The van der Waals surface area contributed by atoms with Gasteiger partial charge in [0.1, 0.15) is 17.9 Å². The fourth-order valence-electron chi connectivity index (χ4n) is 7.00. The molecular weight excluding hydrogens is 616 g/mol. The van der Waals surface area contributed by atoms with Crippen LogP contribution in [0.5, 0.6) is 0 Å². The number of hydrogen-bond donors (Lipinski definition) is 4. The van der Waals surface area contributed by atoms with Crippen molar-refractivity contribution in [3.05, 3.63) is 114 Å². The van der Waals surface area contributed by atoms with E-state index < -0.39 is 12.3 Å². The van der Waals surface area contributed by atoms with Crippen molar-refractivity contribution in [3.8, 4) is 11.3 Å². The Morgan fingerprint density at radius 2 is 1.45 bits per heavy atom. The van der Waals surface area contributed by atoms with Gasteiger partial charge in [0.25, 0.3) is 0 Å². The van der Waals surface area contributed by atoms with E-state index in [9.17, 15) is 19.5 Å². The molecule has 2 aliphatic rings. The Morgan fingerprint density at radius 3 is 2.20 bits per heavy atom. The number of rotatable bonds is 10. The van der Waals surface area contributed by atoms with Crippen LogP contribution < -0.4 is 10.6 Å². The Balaban J connectivity index is 0.965. The maximum Gasteiger partial charge on any atom is 0.247 e. The number of carbonyl (C=O) groups is 3. The van der Waals surface area contributed by atoms with E-state index in [1.807, 2.05) is 102 Å². The lowest BCUT2D eigenvalue weighted by atomic mass is 10.1. The molecule has 49 heavy (non-hydrogen) atoms. The van der Waals surface area contributed by atoms with E-state index in [0.29, 0.717) is 49.4 Å². The van der Waals surface area contributed by atoms with Gasteiger partial charge in [-0.05, 0) is 66.6 Å². The molecule has 3 aromatic carbocycles. The number of aliphatic hydroxyl groups excluding tert-OH is 1. The fraction of sp³-hybridized carbons (Fsp3) is 0.282. The van der Waals surface area contributed by atoms with Crippen molar-refractivity contribution in [1.82, 2.24) is 19.8 Å². The van der Waals surface area contributed by atoms with E-state index in [1.165, 1.54) is 0 Å². The minimum absolute atomic E-state index is 0.0450. The van der Waals surface area contributed by atoms with Gasteiger partial charge >= 0.3 is 0 Å². The van der Waals surface area contributed by atoms with E-state index in [4.69, 9.17) is 0 Å². The molecule has 0 aliphatic carbocycles. The number of carbonyl (C=O) groups excluding carboxylic acids is 3. The standard InChI is InChI=1S/C39H40N6O4/c46-35(21-26-9-3-1-4-10-26)44-19-7-13-33(44)38(48)41-30-17-15-28(16-18-30)32-24-29-23-31(25-40-37(29)43-32)42-39(49)34-14-8-20-45(34)36(47)22-27-11-5-2-6-12-27/h1-6,9-12,15-18,23-25,33-35,46H,7-8,13-14,19-22H2,(H,40,43)(H,41,48)(H,42,49)/t33-,34-,35?/m0/s1. The van der Waals surface area contributed by atoms with Gasteiger partial charge in [0, 0.05) is 36.3 Å². The fourth-order valence-corrected chi connectivity index (χ4v) is 7.00. The van der Waals surface area contributed by atoms with Crippen molar-refractivity contribution in [2.75, 3.05) is 23.7 Å². The molecule has 7 rings (SSSR count). The van der Waals surface area contributed by atoms with Gasteiger partial charge in [-0.3, -0.25) is 19.3 Å². The third kappa shape index (κ3) is 7.40. The van der Waals surface area contributed by atoms with Gasteiger partial charge in [-0.2, -0.15) is 0 Å². The van der Waals surface area contributed by atoms with E-state index in [-0.39, 0.29) is 30.2 Å². The Hall–Kier alpha value is -5.32. The largest absolute Gasteiger partial charge is 0.378 e. The summed E-state index contributed by atoms with van der Waals surface area (Å²) in [4.78, 5) is 51.0. The Morgan fingerprint density at radius 1 is 0.796 bits per heavy atom. The van der Waals surface area contributed by atoms with Crippen molar-refractivity contribution >= 4 is 40.1 Å². The number of nitrogens with zero attached hydrogens (tertiary/aromatic N) is 3. The number of nitrogens with one attached hydrogen (secondary N) is 3. The molecule has 5 aromatic rings. The number of hydrogen-bond acceptors (Lipinski definition) is 6. The average Bonchev–Trinajstić information content (AvgIpc) is 3.90. The van der Waals surface area contributed by atoms with E-state index in [2.05, 4.69) is 20.6 Å². The van der Waals surface area contributed by atoms with Crippen LogP contribution in [0.1, 0.15) is 36.8 Å². The van der Waals surface area contributed by atoms with Gasteiger partial charge in [-0.25, -0.2) is 4.98 Å². The van der Waals surface area contributed by atoms with E-state index in [1.54, 1.807) is 11.1 Å². The lowest BCUT2D eigenvalue weighted by Gasteiger charge is -2.28. The topological polar surface area (TPSA) is 131 Å². The van der Waals surface area contributed by atoms with Crippen molar-refractivity contribution in [2.45, 2.75) is 56.8 Å². The summed E-state index contributed by atoms with van der Waals surface area (Å²) in [5.41, 5.74) is 5.67. The number of aromatic nitrogens is 2. The highest BCUT2D eigenvalue weighted by molar-refractivity contribution is 5.99. The van der Waals surface area contributed by atoms with Gasteiger partial charge in [0.15, 0.2) is 0 Å². The highest BCUT2D eigenvalue weighted by Gasteiger charge is 2.35. The van der Waals surface area contributed by atoms with Crippen LogP contribution in [-0.2, 0) is 27.2 Å². The lowest BCUT2D eigenvalue weighted by molar-refractivity contribution is -0.136. The highest BCUT2D eigenvalue weighted by atomic mass is 16.3. The van der Waals surface area contributed by atoms with Crippen LogP contribution in [-0.4, -0.2) is 74.0 Å². The first-order chi connectivity index (χ1) is 23.9.